The first-order valence-corrected chi connectivity index (χ1v) is 8.57. The first-order valence-electron chi connectivity index (χ1n) is 8.57. The minimum absolute atomic E-state index is 0.0832. The van der Waals surface area contributed by atoms with E-state index >= 15 is 0 Å². The van der Waals surface area contributed by atoms with Crippen molar-refractivity contribution in [3.63, 3.8) is 0 Å². The Morgan fingerprint density at radius 2 is 1.96 bits per heavy atom. The number of piperidine rings is 1. The molecule has 1 aliphatic rings. The number of aromatic nitrogens is 1. The molecule has 0 aliphatic carbocycles. The van der Waals surface area contributed by atoms with Gasteiger partial charge in [-0.15, -0.1) is 0 Å². The number of benzene rings is 1. The number of amides is 1. The highest BCUT2D eigenvalue weighted by Crippen LogP contribution is 2.32. The van der Waals surface area contributed by atoms with Crippen molar-refractivity contribution in [2.45, 2.75) is 26.2 Å². The molecular weight excluding hydrogens is 324 g/mol. The van der Waals surface area contributed by atoms with Crippen molar-refractivity contribution in [1.82, 2.24) is 9.88 Å². The minimum Gasteiger partial charge on any atom is -0.371 e. The van der Waals surface area contributed by atoms with E-state index in [0.29, 0.717) is 23.4 Å². The molecule has 6 heteroatoms. The number of nitrogens with zero attached hydrogens (tertiary/aromatic N) is 3. The molecule has 4 nitrogen and oxygen atoms in total. The summed E-state index contributed by atoms with van der Waals surface area (Å²) in [5.41, 5.74) is 1.63. The number of hydrogen-bond acceptors (Lipinski definition) is 3. The van der Waals surface area contributed by atoms with Gasteiger partial charge in [-0.05, 0) is 43.9 Å². The molecule has 2 heterocycles. The summed E-state index contributed by atoms with van der Waals surface area (Å²) in [6.45, 7) is 3.38. The summed E-state index contributed by atoms with van der Waals surface area (Å²) in [6, 6.07) is 4.67. The SMILES string of the molecule is Cc1cc(N2CCC(CC(=O)N(C)C)CC2)c2ccc(F)c(F)c2n1. The van der Waals surface area contributed by atoms with Gasteiger partial charge in [0.15, 0.2) is 11.6 Å². The maximum Gasteiger partial charge on any atom is 0.222 e. The van der Waals surface area contributed by atoms with Crippen molar-refractivity contribution in [3.8, 4) is 0 Å². The van der Waals surface area contributed by atoms with Gasteiger partial charge in [0.2, 0.25) is 5.91 Å². The molecule has 0 radical (unpaired) electrons. The third-order valence-electron chi connectivity index (χ3n) is 4.90. The summed E-state index contributed by atoms with van der Waals surface area (Å²) in [5, 5.41) is 0.632. The molecule has 1 saturated heterocycles. The molecule has 0 spiro atoms. The number of anilines is 1. The molecule has 0 saturated carbocycles. The molecule has 134 valence electrons. The summed E-state index contributed by atoms with van der Waals surface area (Å²) >= 11 is 0. The molecule has 1 aromatic carbocycles. The average Bonchev–Trinajstić information content (AvgIpc) is 2.58. The first-order chi connectivity index (χ1) is 11.9. The lowest BCUT2D eigenvalue weighted by atomic mass is 9.92. The van der Waals surface area contributed by atoms with E-state index in [0.717, 1.165) is 37.7 Å². The highest BCUT2D eigenvalue weighted by molar-refractivity contribution is 5.92. The summed E-state index contributed by atoms with van der Waals surface area (Å²) in [7, 11) is 3.55. The van der Waals surface area contributed by atoms with Gasteiger partial charge < -0.3 is 9.80 Å². The van der Waals surface area contributed by atoms with Crippen LogP contribution >= 0.6 is 0 Å². The van der Waals surface area contributed by atoms with Crippen molar-refractivity contribution in [1.29, 1.82) is 0 Å². The smallest absolute Gasteiger partial charge is 0.222 e. The van der Waals surface area contributed by atoms with Crippen LogP contribution in [-0.4, -0.2) is 43.0 Å². The third-order valence-corrected chi connectivity index (χ3v) is 4.90. The lowest BCUT2D eigenvalue weighted by Gasteiger charge is -2.34. The Balaban J connectivity index is 1.82. The predicted molar refractivity (Wildman–Crippen MR) is 94.6 cm³/mol. The second-order valence-electron chi connectivity index (χ2n) is 6.96. The fourth-order valence-electron chi connectivity index (χ4n) is 3.41. The Morgan fingerprint density at radius 1 is 1.28 bits per heavy atom. The Labute approximate surface area is 146 Å². The van der Waals surface area contributed by atoms with E-state index in [1.807, 2.05) is 6.07 Å². The fourth-order valence-corrected chi connectivity index (χ4v) is 3.41. The second-order valence-corrected chi connectivity index (χ2v) is 6.96. The Hall–Kier alpha value is -2.24. The highest BCUT2D eigenvalue weighted by atomic mass is 19.2. The summed E-state index contributed by atoms with van der Waals surface area (Å²) in [6.07, 6.45) is 2.38. The molecule has 0 atom stereocenters. The number of fused-ring (bicyclic) bond motifs is 1. The maximum atomic E-state index is 14.1. The number of halogens is 2. The number of aryl methyl sites for hydroxylation is 1. The van der Waals surface area contributed by atoms with E-state index in [9.17, 15) is 13.6 Å². The molecule has 3 rings (SSSR count). The molecule has 0 bridgehead atoms. The van der Waals surface area contributed by atoms with Gasteiger partial charge >= 0.3 is 0 Å². The van der Waals surface area contributed by atoms with Gasteiger partial charge in [-0.3, -0.25) is 4.79 Å². The zero-order valence-corrected chi connectivity index (χ0v) is 14.9. The Kier molecular flexibility index (Phi) is 4.88. The summed E-state index contributed by atoms with van der Waals surface area (Å²) in [4.78, 5) is 19.9. The van der Waals surface area contributed by atoms with E-state index in [1.165, 1.54) is 0 Å². The lowest BCUT2D eigenvalue weighted by Crippen LogP contribution is -2.36. The van der Waals surface area contributed by atoms with Crippen LogP contribution in [0.2, 0.25) is 0 Å². The number of carbonyl (C=O) groups is 1. The Bertz CT molecular complexity index is 799. The van der Waals surface area contributed by atoms with Gasteiger partial charge in [0.05, 0.1) is 0 Å². The van der Waals surface area contributed by atoms with E-state index in [-0.39, 0.29) is 11.4 Å². The number of rotatable bonds is 3. The summed E-state index contributed by atoms with van der Waals surface area (Å²) < 4.78 is 27.6. The highest BCUT2D eigenvalue weighted by Gasteiger charge is 2.24. The van der Waals surface area contributed by atoms with E-state index < -0.39 is 11.6 Å². The number of hydrogen-bond donors (Lipinski definition) is 0. The van der Waals surface area contributed by atoms with E-state index in [4.69, 9.17) is 0 Å². The zero-order chi connectivity index (χ0) is 18.1. The van der Waals surface area contributed by atoms with Gasteiger partial charge in [-0.2, -0.15) is 0 Å². The lowest BCUT2D eigenvalue weighted by molar-refractivity contribution is -0.129. The normalized spacial score (nSPS) is 15.6. The van der Waals surface area contributed by atoms with Crippen LogP contribution in [0.5, 0.6) is 0 Å². The maximum absolute atomic E-state index is 14.1. The number of pyridine rings is 1. The van der Waals surface area contributed by atoms with Gasteiger partial charge in [-0.1, -0.05) is 0 Å². The van der Waals surface area contributed by atoms with Crippen LogP contribution in [0.25, 0.3) is 10.9 Å². The summed E-state index contributed by atoms with van der Waals surface area (Å²) in [5.74, 6) is -1.25. The standard InChI is InChI=1S/C19H23F2N3O/c1-12-10-16(14-4-5-15(20)18(21)19(14)22-12)24-8-6-13(7-9-24)11-17(25)23(2)3/h4-5,10,13H,6-9,11H2,1-3H3. The largest absolute Gasteiger partial charge is 0.371 e. The van der Waals surface area contributed by atoms with Crippen LogP contribution < -0.4 is 4.90 Å². The van der Waals surface area contributed by atoms with E-state index in [2.05, 4.69) is 9.88 Å². The molecule has 1 fully saturated rings. The van der Waals surface area contributed by atoms with Crippen molar-refractivity contribution < 1.29 is 13.6 Å². The van der Waals surface area contributed by atoms with Crippen molar-refractivity contribution in [2.75, 3.05) is 32.1 Å². The molecule has 2 aromatic rings. The fraction of sp³-hybridized carbons (Fsp3) is 0.474. The molecular formula is C19H23F2N3O. The predicted octanol–water partition coefficient (Wildman–Crippen LogP) is 3.52. The van der Waals surface area contributed by atoms with Crippen LogP contribution in [-0.2, 0) is 4.79 Å². The second kappa shape index (κ2) is 6.94. The topological polar surface area (TPSA) is 36.4 Å². The van der Waals surface area contributed by atoms with Crippen LogP contribution in [0.3, 0.4) is 0 Å². The third kappa shape index (κ3) is 3.57. The van der Waals surface area contributed by atoms with Crippen LogP contribution in [0.1, 0.15) is 25.0 Å². The van der Waals surface area contributed by atoms with Crippen LogP contribution in [0.15, 0.2) is 18.2 Å². The monoisotopic (exact) mass is 347 g/mol. The molecule has 25 heavy (non-hydrogen) atoms. The average molecular weight is 347 g/mol. The molecule has 1 amide bonds. The van der Waals surface area contributed by atoms with Crippen LogP contribution in [0, 0.1) is 24.5 Å². The Morgan fingerprint density at radius 3 is 2.60 bits per heavy atom. The molecule has 0 unspecified atom stereocenters. The van der Waals surface area contributed by atoms with E-state index in [1.54, 1.807) is 32.0 Å². The molecule has 0 N–H and O–H groups in total. The quantitative estimate of drug-likeness (QED) is 0.852. The van der Waals surface area contributed by atoms with Gasteiger partial charge in [0, 0.05) is 50.4 Å². The van der Waals surface area contributed by atoms with Gasteiger partial charge in [0.1, 0.15) is 5.52 Å². The molecule has 1 aromatic heterocycles. The van der Waals surface area contributed by atoms with Gasteiger partial charge in [0.25, 0.3) is 0 Å². The van der Waals surface area contributed by atoms with Crippen molar-refractivity contribution >= 4 is 22.5 Å². The van der Waals surface area contributed by atoms with Crippen molar-refractivity contribution in [3.05, 3.63) is 35.5 Å². The number of carbonyl (C=O) groups excluding carboxylic acids is 1. The van der Waals surface area contributed by atoms with Gasteiger partial charge in [-0.25, -0.2) is 13.8 Å². The first kappa shape index (κ1) is 17.6. The van der Waals surface area contributed by atoms with Crippen LogP contribution in [0.4, 0.5) is 14.5 Å². The van der Waals surface area contributed by atoms with Crippen molar-refractivity contribution in [2.24, 2.45) is 5.92 Å². The molecule has 1 aliphatic heterocycles. The zero-order valence-electron chi connectivity index (χ0n) is 14.9. The minimum atomic E-state index is -0.895.